The van der Waals surface area contributed by atoms with Gasteiger partial charge in [0.15, 0.2) is 0 Å². The minimum atomic E-state index is -0.764. The molecule has 0 aromatic carbocycles. The fourth-order valence-electron chi connectivity index (χ4n) is 2.60. The number of amides is 1. The van der Waals surface area contributed by atoms with Crippen molar-refractivity contribution in [3.05, 3.63) is 18.5 Å². The first-order valence-electron chi connectivity index (χ1n) is 6.51. The Morgan fingerprint density at radius 1 is 1.47 bits per heavy atom. The molecule has 0 bridgehead atoms. The summed E-state index contributed by atoms with van der Waals surface area (Å²) in [5.74, 6) is -1.12. The number of piperidine rings is 1. The summed E-state index contributed by atoms with van der Waals surface area (Å²) in [5, 5.41) is 13.1. The molecule has 6 heteroatoms. The summed E-state index contributed by atoms with van der Waals surface area (Å²) in [7, 11) is 0. The molecule has 0 spiro atoms. The predicted molar refractivity (Wildman–Crippen MR) is 68.4 cm³/mol. The van der Waals surface area contributed by atoms with Crippen LogP contribution in [0.4, 0.5) is 0 Å². The van der Waals surface area contributed by atoms with Crippen LogP contribution in [0.2, 0.25) is 0 Å². The monoisotopic (exact) mass is 265 g/mol. The molecule has 0 saturated carbocycles. The van der Waals surface area contributed by atoms with Gasteiger partial charge in [-0.15, -0.1) is 0 Å². The molecule has 1 N–H and O–H groups in total. The van der Waals surface area contributed by atoms with E-state index >= 15 is 0 Å². The van der Waals surface area contributed by atoms with Crippen molar-refractivity contribution in [2.75, 3.05) is 13.1 Å². The van der Waals surface area contributed by atoms with Crippen LogP contribution in [0.5, 0.6) is 0 Å². The van der Waals surface area contributed by atoms with Crippen molar-refractivity contribution in [3.8, 4) is 0 Å². The van der Waals surface area contributed by atoms with Crippen molar-refractivity contribution in [1.29, 1.82) is 0 Å². The zero-order chi connectivity index (χ0) is 14.0. The van der Waals surface area contributed by atoms with Crippen LogP contribution in [0, 0.1) is 11.8 Å². The first kappa shape index (κ1) is 13.6. The normalized spacial score (nSPS) is 25.1. The Bertz CT molecular complexity index is 458. The van der Waals surface area contributed by atoms with E-state index in [2.05, 4.69) is 5.10 Å². The lowest BCUT2D eigenvalue weighted by Gasteiger charge is -2.36. The van der Waals surface area contributed by atoms with E-state index in [0.29, 0.717) is 19.5 Å². The second kappa shape index (κ2) is 5.42. The maximum absolute atomic E-state index is 12.3. The van der Waals surface area contributed by atoms with Crippen LogP contribution in [0.25, 0.3) is 0 Å². The van der Waals surface area contributed by atoms with Gasteiger partial charge in [-0.05, 0) is 25.3 Å². The second-order valence-corrected chi connectivity index (χ2v) is 5.16. The maximum Gasteiger partial charge on any atom is 0.306 e. The van der Waals surface area contributed by atoms with Gasteiger partial charge in [-0.25, -0.2) is 0 Å². The van der Waals surface area contributed by atoms with E-state index in [1.807, 2.05) is 13.8 Å². The second-order valence-electron chi connectivity index (χ2n) is 5.16. The third-order valence-corrected chi connectivity index (χ3v) is 3.81. The summed E-state index contributed by atoms with van der Waals surface area (Å²) in [4.78, 5) is 25.1. The molecule has 1 aliphatic rings. The van der Waals surface area contributed by atoms with E-state index in [-0.39, 0.29) is 23.8 Å². The Morgan fingerprint density at radius 3 is 2.74 bits per heavy atom. The van der Waals surface area contributed by atoms with Crippen LogP contribution >= 0.6 is 0 Å². The average Bonchev–Trinajstić information content (AvgIpc) is 2.90. The molecule has 1 unspecified atom stereocenters. The number of aromatic nitrogens is 2. The van der Waals surface area contributed by atoms with Crippen molar-refractivity contribution in [1.82, 2.24) is 14.7 Å². The van der Waals surface area contributed by atoms with Crippen LogP contribution in [-0.2, 0) is 9.59 Å². The topological polar surface area (TPSA) is 75.4 Å². The molecule has 6 nitrogen and oxygen atoms in total. The zero-order valence-corrected chi connectivity index (χ0v) is 11.2. The number of likely N-dealkylation sites (tertiary alicyclic amines) is 1. The quantitative estimate of drug-likeness (QED) is 0.885. The fourth-order valence-corrected chi connectivity index (χ4v) is 2.60. The van der Waals surface area contributed by atoms with Crippen LogP contribution in [0.15, 0.2) is 18.5 Å². The highest BCUT2D eigenvalue weighted by Crippen LogP contribution is 2.25. The summed E-state index contributed by atoms with van der Waals surface area (Å²) in [6.45, 7) is 4.70. The predicted octanol–water partition coefficient (Wildman–Crippen LogP) is 1.01. The van der Waals surface area contributed by atoms with Crippen LogP contribution in [-0.4, -0.2) is 44.8 Å². The molecule has 104 valence electrons. The third kappa shape index (κ3) is 2.77. The van der Waals surface area contributed by atoms with Crippen molar-refractivity contribution < 1.29 is 14.7 Å². The molecule has 2 heterocycles. The highest BCUT2D eigenvalue weighted by molar-refractivity contribution is 5.80. The SMILES string of the molecule is CC(C(=O)N1CC[C@H](C(=O)O)[C@H](C)C1)n1cccn1. The molecule has 1 fully saturated rings. The summed E-state index contributed by atoms with van der Waals surface area (Å²) < 4.78 is 1.62. The number of carbonyl (C=O) groups is 2. The van der Waals surface area contributed by atoms with Gasteiger partial charge < -0.3 is 10.0 Å². The Balaban J connectivity index is 2.00. The highest BCUT2D eigenvalue weighted by Gasteiger charge is 2.34. The first-order valence-corrected chi connectivity index (χ1v) is 6.51. The molecule has 1 aliphatic heterocycles. The molecule has 1 saturated heterocycles. The van der Waals surface area contributed by atoms with Crippen LogP contribution in [0.1, 0.15) is 26.3 Å². The van der Waals surface area contributed by atoms with Gasteiger partial charge in [0.1, 0.15) is 6.04 Å². The van der Waals surface area contributed by atoms with Crippen molar-refractivity contribution in [2.24, 2.45) is 11.8 Å². The van der Waals surface area contributed by atoms with E-state index < -0.39 is 5.97 Å². The largest absolute Gasteiger partial charge is 0.481 e. The Hall–Kier alpha value is -1.85. The Morgan fingerprint density at radius 2 is 2.21 bits per heavy atom. The minimum absolute atomic E-state index is 0.000566. The number of hydrogen-bond acceptors (Lipinski definition) is 3. The standard InChI is InChI=1S/C13H19N3O3/c1-9-8-15(7-4-11(9)13(18)19)12(17)10(2)16-6-3-5-14-16/h3,5-6,9-11H,4,7-8H2,1-2H3,(H,18,19)/t9-,10?,11+/m1/s1. The van der Waals surface area contributed by atoms with Gasteiger partial charge in [0.2, 0.25) is 5.91 Å². The zero-order valence-electron chi connectivity index (χ0n) is 11.2. The van der Waals surface area contributed by atoms with E-state index in [4.69, 9.17) is 5.11 Å². The van der Waals surface area contributed by atoms with E-state index in [0.717, 1.165) is 0 Å². The number of carboxylic acid groups (broad SMARTS) is 1. The smallest absolute Gasteiger partial charge is 0.306 e. The van der Waals surface area contributed by atoms with Crippen molar-refractivity contribution in [2.45, 2.75) is 26.3 Å². The molecular formula is C13H19N3O3. The number of rotatable bonds is 3. The fraction of sp³-hybridized carbons (Fsp3) is 0.615. The number of carbonyl (C=O) groups excluding carboxylic acids is 1. The molecule has 19 heavy (non-hydrogen) atoms. The Kier molecular flexibility index (Phi) is 3.87. The van der Waals surface area contributed by atoms with Crippen molar-refractivity contribution >= 4 is 11.9 Å². The number of carboxylic acids is 1. The van der Waals surface area contributed by atoms with Crippen molar-refractivity contribution in [3.63, 3.8) is 0 Å². The Labute approximate surface area is 112 Å². The molecule has 2 rings (SSSR count). The molecule has 1 amide bonds. The first-order chi connectivity index (χ1) is 9.00. The van der Waals surface area contributed by atoms with Gasteiger partial charge in [-0.2, -0.15) is 5.10 Å². The van der Waals surface area contributed by atoms with Gasteiger partial charge in [0.25, 0.3) is 0 Å². The summed E-state index contributed by atoms with van der Waals surface area (Å²) in [5.41, 5.74) is 0. The third-order valence-electron chi connectivity index (χ3n) is 3.81. The van der Waals surface area contributed by atoms with Gasteiger partial charge in [-0.1, -0.05) is 6.92 Å². The number of nitrogens with zero attached hydrogens (tertiary/aromatic N) is 3. The molecule has 0 radical (unpaired) electrons. The van der Waals surface area contributed by atoms with E-state index in [1.54, 1.807) is 28.0 Å². The lowest BCUT2D eigenvalue weighted by Crippen LogP contribution is -2.47. The van der Waals surface area contributed by atoms with Crippen LogP contribution in [0.3, 0.4) is 0 Å². The summed E-state index contributed by atoms with van der Waals surface area (Å²) >= 11 is 0. The van der Waals surface area contributed by atoms with E-state index in [1.165, 1.54) is 0 Å². The number of hydrogen-bond donors (Lipinski definition) is 1. The molecular weight excluding hydrogens is 246 g/mol. The summed E-state index contributed by atoms with van der Waals surface area (Å²) in [6.07, 6.45) is 3.92. The van der Waals surface area contributed by atoms with Crippen LogP contribution < -0.4 is 0 Å². The van der Waals surface area contributed by atoms with E-state index in [9.17, 15) is 9.59 Å². The van der Waals surface area contributed by atoms with Gasteiger partial charge >= 0.3 is 5.97 Å². The molecule has 1 aromatic rings. The lowest BCUT2D eigenvalue weighted by atomic mass is 9.87. The van der Waals surface area contributed by atoms with Gasteiger partial charge in [-0.3, -0.25) is 14.3 Å². The summed E-state index contributed by atoms with van der Waals surface area (Å²) in [6, 6.07) is 1.44. The van der Waals surface area contributed by atoms with Gasteiger partial charge in [0, 0.05) is 25.5 Å². The minimum Gasteiger partial charge on any atom is -0.481 e. The molecule has 3 atom stereocenters. The number of aliphatic carboxylic acids is 1. The molecule has 0 aliphatic carbocycles. The lowest BCUT2D eigenvalue weighted by molar-refractivity contribution is -0.149. The highest BCUT2D eigenvalue weighted by atomic mass is 16.4. The average molecular weight is 265 g/mol. The maximum atomic E-state index is 12.3. The van der Waals surface area contributed by atoms with Gasteiger partial charge in [0.05, 0.1) is 5.92 Å². The molecule has 1 aromatic heterocycles.